The van der Waals surface area contributed by atoms with E-state index in [1.165, 1.54) is 0 Å². The molecule has 1 saturated heterocycles. The minimum atomic E-state index is 0.219. The van der Waals surface area contributed by atoms with Crippen molar-refractivity contribution in [2.24, 2.45) is 5.92 Å². The molecule has 4 heteroatoms. The van der Waals surface area contributed by atoms with Crippen LogP contribution in [-0.2, 0) is 11.3 Å². The molecule has 92 valence electrons. The topological polar surface area (TPSA) is 55.6 Å². The molecule has 1 heterocycles. The zero-order valence-electron chi connectivity index (χ0n) is 10.3. The molecule has 0 spiro atoms. The zero-order chi connectivity index (χ0) is 12.4. The molecule has 1 aromatic rings. The molecule has 0 aliphatic carbocycles. The molecule has 1 aliphatic rings. The number of hydrogen-bond acceptors (Lipinski definition) is 3. The molecular weight excluding hydrogens is 216 g/mol. The number of ether oxygens (including phenoxy) is 1. The summed E-state index contributed by atoms with van der Waals surface area (Å²) in [5, 5.41) is 0. The lowest BCUT2D eigenvalue weighted by atomic mass is 10.1. The van der Waals surface area contributed by atoms with Gasteiger partial charge >= 0.3 is 0 Å². The van der Waals surface area contributed by atoms with Crippen molar-refractivity contribution in [2.75, 3.05) is 19.4 Å². The van der Waals surface area contributed by atoms with Crippen molar-refractivity contribution in [1.29, 1.82) is 0 Å². The Balaban J connectivity index is 2.16. The lowest BCUT2D eigenvalue weighted by Gasteiger charge is -2.18. The Morgan fingerprint density at radius 1 is 1.53 bits per heavy atom. The third-order valence-electron chi connectivity index (χ3n) is 3.08. The molecule has 2 N–H and O–H groups in total. The molecule has 1 amide bonds. The number of nitrogens with two attached hydrogens (primary N) is 1. The molecule has 1 aromatic carbocycles. The van der Waals surface area contributed by atoms with Crippen LogP contribution in [0.15, 0.2) is 18.2 Å². The number of carbonyl (C=O) groups is 1. The van der Waals surface area contributed by atoms with Crippen LogP contribution in [0, 0.1) is 5.92 Å². The summed E-state index contributed by atoms with van der Waals surface area (Å²) in [4.78, 5) is 13.6. The Bertz CT molecular complexity index is 431. The van der Waals surface area contributed by atoms with Crippen molar-refractivity contribution in [1.82, 2.24) is 4.90 Å². The zero-order valence-corrected chi connectivity index (χ0v) is 10.3. The number of nitrogens with zero attached hydrogens (tertiary/aromatic N) is 1. The first-order valence-electron chi connectivity index (χ1n) is 5.80. The standard InChI is InChI=1S/C13H18N2O2/c1-9-5-13(16)15(7-9)8-10-3-4-11(14)6-12(10)17-2/h3-4,6,9H,5,7-8,14H2,1-2H3. The second-order valence-corrected chi connectivity index (χ2v) is 4.65. The van der Waals surface area contributed by atoms with Gasteiger partial charge in [-0.2, -0.15) is 0 Å². The second kappa shape index (κ2) is 4.65. The maximum Gasteiger partial charge on any atom is 0.223 e. The van der Waals surface area contributed by atoms with E-state index >= 15 is 0 Å². The molecule has 2 rings (SSSR count). The first-order valence-corrected chi connectivity index (χ1v) is 5.80. The fourth-order valence-electron chi connectivity index (χ4n) is 2.22. The quantitative estimate of drug-likeness (QED) is 0.809. The van der Waals surface area contributed by atoms with Crippen LogP contribution in [0.2, 0.25) is 0 Å². The highest BCUT2D eigenvalue weighted by atomic mass is 16.5. The smallest absolute Gasteiger partial charge is 0.223 e. The van der Waals surface area contributed by atoms with Crippen molar-refractivity contribution < 1.29 is 9.53 Å². The number of benzene rings is 1. The summed E-state index contributed by atoms with van der Waals surface area (Å²) in [6, 6.07) is 5.55. The van der Waals surface area contributed by atoms with E-state index in [9.17, 15) is 4.79 Å². The molecule has 4 nitrogen and oxygen atoms in total. The van der Waals surface area contributed by atoms with E-state index < -0.39 is 0 Å². The van der Waals surface area contributed by atoms with Crippen LogP contribution >= 0.6 is 0 Å². The van der Waals surface area contributed by atoms with Crippen molar-refractivity contribution in [3.05, 3.63) is 23.8 Å². The summed E-state index contributed by atoms with van der Waals surface area (Å²) >= 11 is 0. The van der Waals surface area contributed by atoms with E-state index in [1.54, 1.807) is 13.2 Å². The summed E-state index contributed by atoms with van der Waals surface area (Å²) < 4.78 is 5.28. The van der Waals surface area contributed by atoms with E-state index in [-0.39, 0.29) is 5.91 Å². The minimum Gasteiger partial charge on any atom is -0.496 e. The SMILES string of the molecule is COc1cc(N)ccc1CN1CC(C)CC1=O. The second-order valence-electron chi connectivity index (χ2n) is 4.65. The van der Waals surface area contributed by atoms with Crippen LogP contribution < -0.4 is 10.5 Å². The number of methoxy groups -OCH3 is 1. The predicted octanol–water partition coefficient (Wildman–Crippen LogP) is 1.65. The number of amides is 1. The van der Waals surface area contributed by atoms with E-state index in [4.69, 9.17) is 10.5 Å². The largest absolute Gasteiger partial charge is 0.496 e. The van der Waals surface area contributed by atoms with Gasteiger partial charge in [0.2, 0.25) is 5.91 Å². The highest BCUT2D eigenvalue weighted by Crippen LogP contribution is 2.26. The third kappa shape index (κ3) is 2.52. The monoisotopic (exact) mass is 234 g/mol. The van der Waals surface area contributed by atoms with Gasteiger partial charge in [0.05, 0.1) is 7.11 Å². The number of carbonyl (C=O) groups excluding carboxylic acids is 1. The highest BCUT2D eigenvalue weighted by molar-refractivity contribution is 5.78. The summed E-state index contributed by atoms with van der Waals surface area (Å²) in [6.07, 6.45) is 0.650. The van der Waals surface area contributed by atoms with Gasteiger partial charge in [0.25, 0.3) is 0 Å². The van der Waals surface area contributed by atoms with Crippen LogP contribution in [0.1, 0.15) is 18.9 Å². The molecule has 0 aromatic heterocycles. The Hall–Kier alpha value is -1.71. The van der Waals surface area contributed by atoms with Crippen LogP contribution in [0.4, 0.5) is 5.69 Å². The Kier molecular flexibility index (Phi) is 3.22. The minimum absolute atomic E-state index is 0.219. The van der Waals surface area contributed by atoms with Crippen LogP contribution in [0.5, 0.6) is 5.75 Å². The predicted molar refractivity (Wildman–Crippen MR) is 66.6 cm³/mol. The number of hydrogen-bond donors (Lipinski definition) is 1. The number of likely N-dealkylation sites (tertiary alicyclic amines) is 1. The van der Waals surface area contributed by atoms with E-state index in [2.05, 4.69) is 6.92 Å². The molecule has 0 bridgehead atoms. The van der Waals surface area contributed by atoms with Gasteiger partial charge in [0, 0.05) is 36.8 Å². The number of anilines is 1. The maximum atomic E-state index is 11.7. The van der Waals surface area contributed by atoms with Crippen LogP contribution in [0.3, 0.4) is 0 Å². The van der Waals surface area contributed by atoms with Gasteiger partial charge in [-0.25, -0.2) is 0 Å². The molecule has 17 heavy (non-hydrogen) atoms. The normalized spacial score (nSPS) is 19.8. The fraction of sp³-hybridized carbons (Fsp3) is 0.462. The lowest BCUT2D eigenvalue weighted by Crippen LogP contribution is -2.24. The molecule has 0 radical (unpaired) electrons. The third-order valence-corrected chi connectivity index (χ3v) is 3.08. The number of rotatable bonds is 3. The van der Waals surface area contributed by atoms with Gasteiger partial charge in [0.1, 0.15) is 5.75 Å². The maximum absolute atomic E-state index is 11.7. The van der Waals surface area contributed by atoms with Gasteiger partial charge in [-0.3, -0.25) is 4.79 Å². The molecule has 1 unspecified atom stereocenters. The number of nitrogen functional groups attached to an aromatic ring is 1. The van der Waals surface area contributed by atoms with E-state index in [0.717, 1.165) is 17.9 Å². The molecule has 1 aliphatic heterocycles. The van der Waals surface area contributed by atoms with Crippen LogP contribution in [0.25, 0.3) is 0 Å². The lowest BCUT2D eigenvalue weighted by molar-refractivity contribution is -0.128. The summed E-state index contributed by atoms with van der Waals surface area (Å²) in [6.45, 7) is 3.52. The average Bonchev–Trinajstić information content (AvgIpc) is 2.60. The first kappa shape index (κ1) is 11.8. The Morgan fingerprint density at radius 2 is 2.29 bits per heavy atom. The summed E-state index contributed by atoms with van der Waals surface area (Å²) in [5.74, 6) is 1.41. The van der Waals surface area contributed by atoms with E-state index in [0.29, 0.717) is 24.6 Å². The van der Waals surface area contributed by atoms with Crippen molar-refractivity contribution >= 4 is 11.6 Å². The van der Waals surface area contributed by atoms with Crippen molar-refractivity contribution in [3.63, 3.8) is 0 Å². The van der Waals surface area contributed by atoms with E-state index in [1.807, 2.05) is 17.0 Å². The van der Waals surface area contributed by atoms with Gasteiger partial charge < -0.3 is 15.4 Å². The molecule has 1 fully saturated rings. The van der Waals surface area contributed by atoms with Gasteiger partial charge in [-0.05, 0) is 12.0 Å². The Morgan fingerprint density at radius 3 is 2.88 bits per heavy atom. The van der Waals surface area contributed by atoms with Crippen LogP contribution in [-0.4, -0.2) is 24.5 Å². The average molecular weight is 234 g/mol. The first-order chi connectivity index (χ1) is 8.10. The van der Waals surface area contributed by atoms with Gasteiger partial charge in [-0.1, -0.05) is 13.0 Å². The molecule has 1 atom stereocenters. The van der Waals surface area contributed by atoms with Crippen molar-refractivity contribution in [2.45, 2.75) is 19.9 Å². The van der Waals surface area contributed by atoms with Gasteiger partial charge in [0.15, 0.2) is 0 Å². The summed E-state index contributed by atoms with van der Waals surface area (Å²) in [7, 11) is 1.62. The molecule has 0 saturated carbocycles. The fourth-order valence-corrected chi connectivity index (χ4v) is 2.22. The Labute approximate surface area is 101 Å². The van der Waals surface area contributed by atoms with Gasteiger partial charge in [-0.15, -0.1) is 0 Å². The summed E-state index contributed by atoms with van der Waals surface area (Å²) in [5.41, 5.74) is 7.38. The molecular formula is C13H18N2O2. The highest BCUT2D eigenvalue weighted by Gasteiger charge is 2.26. The van der Waals surface area contributed by atoms with Crippen molar-refractivity contribution in [3.8, 4) is 5.75 Å².